The first-order chi connectivity index (χ1) is 12.3. The molecule has 5 nitrogen and oxygen atoms in total. The van der Waals surface area contributed by atoms with Crippen molar-refractivity contribution in [3.05, 3.63) is 54.6 Å². The molecule has 0 radical (unpaired) electrons. The Balaban J connectivity index is 1.72. The summed E-state index contributed by atoms with van der Waals surface area (Å²) in [7, 11) is 0. The highest BCUT2D eigenvalue weighted by molar-refractivity contribution is 5.84. The Labute approximate surface area is 149 Å². The lowest BCUT2D eigenvalue weighted by atomic mass is 10.2. The summed E-state index contributed by atoms with van der Waals surface area (Å²) in [5.74, 6) is 0. The largest absolute Gasteiger partial charge is 0.449 e. The first kappa shape index (κ1) is 18.6. The van der Waals surface area contributed by atoms with Crippen LogP contribution in [-0.4, -0.2) is 12.7 Å². The van der Waals surface area contributed by atoms with E-state index in [-0.39, 0.29) is 0 Å². The van der Waals surface area contributed by atoms with Crippen molar-refractivity contribution in [1.29, 1.82) is 0 Å². The van der Waals surface area contributed by atoms with Gasteiger partial charge in [-0.25, -0.2) is 4.79 Å². The van der Waals surface area contributed by atoms with Gasteiger partial charge in [0.25, 0.3) is 0 Å². The maximum absolute atomic E-state index is 11.7. The Morgan fingerprint density at radius 2 is 1.52 bits per heavy atom. The van der Waals surface area contributed by atoms with E-state index in [0.717, 1.165) is 24.2 Å². The number of amides is 1. The average Bonchev–Trinajstić information content (AvgIpc) is 2.65. The van der Waals surface area contributed by atoms with Gasteiger partial charge in [-0.1, -0.05) is 50.8 Å². The van der Waals surface area contributed by atoms with Crippen molar-refractivity contribution in [2.24, 2.45) is 10.2 Å². The molecular formula is C20H25N3O2. The SMILES string of the molecule is CCCCCCCOC(=O)Nc1ccc(N=Nc2ccccc2)cc1. The normalized spacial score (nSPS) is 10.8. The summed E-state index contributed by atoms with van der Waals surface area (Å²) >= 11 is 0. The van der Waals surface area contributed by atoms with Gasteiger partial charge in [0, 0.05) is 5.69 Å². The van der Waals surface area contributed by atoms with E-state index in [2.05, 4.69) is 22.5 Å². The van der Waals surface area contributed by atoms with E-state index >= 15 is 0 Å². The van der Waals surface area contributed by atoms with Gasteiger partial charge in [-0.2, -0.15) is 10.2 Å². The van der Waals surface area contributed by atoms with Gasteiger partial charge in [-0.3, -0.25) is 5.32 Å². The fraction of sp³-hybridized carbons (Fsp3) is 0.350. The molecule has 0 unspecified atom stereocenters. The van der Waals surface area contributed by atoms with Crippen molar-refractivity contribution >= 4 is 23.2 Å². The van der Waals surface area contributed by atoms with Crippen molar-refractivity contribution < 1.29 is 9.53 Å². The number of hydrogen-bond donors (Lipinski definition) is 1. The zero-order valence-corrected chi connectivity index (χ0v) is 14.6. The van der Waals surface area contributed by atoms with E-state index in [1.807, 2.05) is 30.3 Å². The number of ether oxygens (including phenoxy) is 1. The number of benzene rings is 2. The Bertz CT molecular complexity index is 654. The number of hydrogen-bond acceptors (Lipinski definition) is 4. The molecular weight excluding hydrogens is 314 g/mol. The minimum Gasteiger partial charge on any atom is -0.449 e. The highest BCUT2D eigenvalue weighted by atomic mass is 16.5. The first-order valence-electron chi connectivity index (χ1n) is 8.78. The van der Waals surface area contributed by atoms with E-state index in [1.54, 1.807) is 24.3 Å². The second kappa shape index (κ2) is 11.0. The van der Waals surface area contributed by atoms with Crippen LogP contribution in [0, 0.1) is 0 Å². The summed E-state index contributed by atoms with van der Waals surface area (Å²) < 4.78 is 5.17. The third-order valence-corrected chi connectivity index (χ3v) is 3.63. The van der Waals surface area contributed by atoms with Gasteiger partial charge in [-0.15, -0.1) is 0 Å². The molecule has 0 heterocycles. The topological polar surface area (TPSA) is 63.0 Å². The van der Waals surface area contributed by atoms with Crippen molar-refractivity contribution in [3.63, 3.8) is 0 Å². The van der Waals surface area contributed by atoms with Crippen LogP contribution in [0.25, 0.3) is 0 Å². The third kappa shape index (κ3) is 7.61. The van der Waals surface area contributed by atoms with Crippen molar-refractivity contribution in [3.8, 4) is 0 Å². The number of nitrogens with one attached hydrogen (secondary N) is 1. The van der Waals surface area contributed by atoms with Crippen LogP contribution < -0.4 is 5.32 Å². The van der Waals surface area contributed by atoms with Crippen LogP contribution in [0.5, 0.6) is 0 Å². The highest BCUT2D eigenvalue weighted by Gasteiger charge is 2.03. The van der Waals surface area contributed by atoms with Crippen molar-refractivity contribution in [1.82, 2.24) is 0 Å². The number of anilines is 1. The van der Waals surface area contributed by atoms with Crippen LogP contribution >= 0.6 is 0 Å². The summed E-state index contributed by atoms with van der Waals surface area (Å²) in [6.07, 6.45) is 5.23. The fourth-order valence-electron chi connectivity index (χ4n) is 2.25. The van der Waals surface area contributed by atoms with Gasteiger partial charge in [0.15, 0.2) is 0 Å². The molecule has 1 amide bonds. The van der Waals surface area contributed by atoms with E-state index in [4.69, 9.17) is 4.74 Å². The zero-order valence-electron chi connectivity index (χ0n) is 14.6. The molecule has 0 atom stereocenters. The van der Waals surface area contributed by atoms with Crippen LogP contribution in [0.3, 0.4) is 0 Å². The van der Waals surface area contributed by atoms with Crippen LogP contribution in [0.15, 0.2) is 64.8 Å². The molecule has 0 spiro atoms. The Kier molecular flexibility index (Phi) is 8.18. The number of nitrogens with zero attached hydrogens (tertiary/aromatic N) is 2. The lowest BCUT2D eigenvalue weighted by Crippen LogP contribution is -2.14. The van der Waals surface area contributed by atoms with Gasteiger partial charge in [0.2, 0.25) is 0 Å². The van der Waals surface area contributed by atoms with E-state index < -0.39 is 6.09 Å². The lowest BCUT2D eigenvalue weighted by molar-refractivity contribution is 0.159. The molecule has 2 aromatic rings. The van der Waals surface area contributed by atoms with Crippen LogP contribution in [-0.2, 0) is 4.74 Å². The van der Waals surface area contributed by atoms with Gasteiger partial charge in [0.1, 0.15) is 0 Å². The second-order valence-corrected chi connectivity index (χ2v) is 5.76. The summed E-state index contributed by atoms with van der Waals surface area (Å²) in [6, 6.07) is 16.7. The molecule has 2 aromatic carbocycles. The molecule has 5 heteroatoms. The van der Waals surface area contributed by atoms with Gasteiger partial charge < -0.3 is 4.74 Å². The molecule has 25 heavy (non-hydrogen) atoms. The van der Waals surface area contributed by atoms with Crippen molar-refractivity contribution in [2.45, 2.75) is 39.0 Å². The lowest BCUT2D eigenvalue weighted by Gasteiger charge is -2.07. The number of rotatable bonds is 9. The molecule has 0 aliphatic rings. The monoisotopic (exact) mass is 339 g/mol. The zero-order chi connectivity index (χ0) is 17.7. The molecule has 1 N–H and O–H groups in total. The minimum atomic E-state index is -0.422. The Morgan fingerprint density at radius 3 is 2.20 bits per heavy atom. The standard InChI is InChI=1S/C20H25N3O2/c1-2-3-4-5-9-16-25-20(24)21-17-12-14-19(15-13-17)23-22-18-10-7-6-8-11-18/h6-8,10-15H,2-5,9,16H2,1H3,(H,21,24). The van der Waals surface area contributed by atoms with E-state index in [0.29, 0.717) is 12.3 Å². The maximum Gasteiger partial charge on any atom is 0.411 e. The molecule has 132 valence electrons. The van der Waals surface area contributed by atoms with Crippen molar-refractivity contribution in [2.75, 3.05) is 11.9 Å². The molecule has 0 saturated carbocycles. The van der Waals surface area contributed by atoms with Crippen LogP contribution in [0.2, 0.25) is 0 Å². The molecule has 0 aliphatic carbocycles. The molecule has 0 fully saturated rings. The second-order valence-electron chi connectivity index (χ2n) is 5.76. The molecule has 0 aliphatic heterocycles. The predicted octanol–water partition coefficient (Wildman–Crippen LogP) is 6.62. The Hall–Kier alpha value is -2.69. The summed E-state index contributed by atoms with van der Waals surface area (Å²) in [5.41, 5.74) is 2.19. The number of unbranched alkanes of at least 4 members (excludes halogenated alkanes) is 4. The average molecular weight is 339 g/mol. The van der Waals surface area contributed by atoms with Crippen LogP contribution in [0.1, 0.15) is 39.0 Å². The molecule has 0 aromatic heterocycles. The number of azo groups is 1. The summed E-state index contributed by atoms with van der Waals surface area (Å²) in [5, 5.41) is 11.0. The molecule has 0 bridgehead atoms. The predicted molar refractivity (Wildman–Crippen MR) is 101 cm³/mol. The molecule has 2 rings (SSSR count). The first-order valence-corrected chi connectivity index (χ1v) is 8.78. The van der Waals surface area contributed by atoms with E-state index in [1.165, 1.54) is 19.3 Å². The summed E-state index contributed by atoms with van der Waals surface area (Å²) in [4.78, 5) is 11.7. The van der Waals surface area contributed by atoms with Crippen LogP contribution in [0.4, 0.5) is 21.9 Å². The minimum absolute atomic E-state index is 0.422. The number of carbonyl (C=O) groups excluding carboxylic acids is 1. The highest BCUT2D eigenvalue weighted by Crippen LogP contribution is 2.20. The fourth-order valence-corrected chi connectivity index (χ4v) is 2.25. The van der Waals surface area contributed by atoms with Gasteiger partial charge in [-0.05, 0) is 42.8 Å². The molecule has 0 saturated heterocycles. The van der Waals surface area contributed by atoms with E-state index in [9.17, 15) is 4.79 Å². The third-order valence-electron chi connectivity index (χ3n) is 3.63. The maximum atomic E-state index is 11.7. The van der Waals surface area contributed by atoms with Gasteiger partial charge >= 0.3 is 6.09 Å². The Morgan fingerprint density at radius 1 is 0.880 bits per heavy atom. The van der Waals surface area contributed by atoms with Gasteiger partial charge in [0.05, 0.1) is 18.0 Å². The quantitative estimate of drug-likeness (QED) is 0.412. The smallest absolute Gasteiger partial charge is 0.411 e. The number of carbonyl (C=O) groups is 1. The summed E-state index contributed by atoms with van der Waals surface area (Å²) in [6.45, 7) is 2.64.